The third kappa shape index (κ3) is 6.13. The van der Waals surface area contributed by atoms with Gasteiger partial charge in [0.05, 0.1) is 10.6 Å². The Bertz CT molecular complexity index is 1070. The van der Waals surface area contributed by atoms with Crippen LogP contribution in [0.15, 0.2) is 58.8 Å². The molecule has 2 aromatic carbocycles. The second-order valence-electron chi connectivity index (χ2n) is 6.82. The number of amides is 1. The van der Waals surface area contributed by atoms with Crippen LogP contribution in [0.25, 0.3) is 0 Å². The number of aromatic nitrogens is 1. The summed E-state index contributed by atoms with van der Waals surface area (Å²) in [5.74, 6) is -0.0691. The summed E-state index contributed by atoms with van der Waals surface area (Å²) in [6.07, 6.45) is 0.738. The molecule has 29 heavy (non-hydrogen) atoms. The Morgan fingerprint density at radius 3 is 2.28 bits per heavy atom. The summed E-state index contributed by atoms with van der Waals surface area (Å²) in [5, 5.41) is 4.94. The number of carbonyl (C=O) groups excluding carboxylic acids is 1. The van der Waals surface area contributed by atoms with E-state index in [0.29, 0.717) is 30.2 Å². The molecule has 2 N–H and O–H groups in total. The number of hydrogen-bond acceptors (Lipinski definition) is 5. The van der Waals surface area contributed by atoms with Crippen molar-refractivity contribution in [3.8, 4) is 0 Å². The van der Waals surface area contributed by atoms with Crippen molar-refractivity contribution in [2.24, 2.45) is 0 Å². The van der Waals surface area contributed by atoms with Crippen molar-refractivity contribution in [3.63, 3.8) is 0 Å². The number of aryl methyl sites for hydroxylation is 3. The molecular formula is C21H23N3O3S2. The van der Waals surface area contributed by atoms with Gasteiger partial charge < -0.3 is 5.32 Å². The average molecular weight is 430 g/mol. The Morgan fingerprint density at radius 2 is 1.62 bits per heavy atom. The lowest BCUT2D eigenvalue weighted by Crippen LogP contribution is -2.23. The Labute approximate surface area is 175 Å². The molecule has 0 atom stereocenters. The summed E-state index contributed by atoms with van der Waals surface area (Å²) in [4.78, 5) is 16.5. The van der Waals surface area contributed by atoms with Gasteiger partial charge in [-0.15, -0.1) is 11.3 Å². The predicted octanol–water partition coefficient (Wildman–Crippen LogP) is 3.81. The molecule has 0 bridgehead atoms. The zero-order chi connectivity index (χ0) is 20.9. The van der Waals surface area contributed by atoms with Crippen LogP contribution in [0.3, 0.4) is 0 Å². The molecule has 0 spiro atoms. The van der Waals surface area contributed by atoms with Crippen molar-refractivity contribution in [1.82, 2.24) is 10.3 Å². The number of carbonyl (C=O) groups is 1. The van der Waals surface area contributed by atoms with Gasteiger partial charge >= 0.3 is 0 Å². The van der Waals surface area contributed by atoms with Crippen LogP contribution in [0.4, 0.5) is 5.13 Å². The molecule has 8 heteroatoms. The first-order valence-corrected chi connectivity index (χ1v) is 11.5. The number of rotatable bonds is 8. The van der Waals surface area contributed by atoms with Crippen LogP contribution in [0.5, 0.6) is 0 Å². The smallest absolute Gasteiger partial charge is 0.263 e. The highest BCUT2D eigenvalue weighted by Gasteiger charge is 2.16. The standard InChI is InChI=1S/C21H23N3O3S2/c1-15-3-7-17(8-4-15)13-22-20(25)12-9-18-14-28-21(23-18)24-29(26,27)19-10-5-16(2)6-11-19/h3-8,10-11,14H,9,12-13H2,1-2H3,(H,22,25)(H,23,24). The minimum atomic E-state index is -3.67. The van der Waals surface area contributed by atoms with E-state index in [4.69, 9.17) is 0 Å². The molecule has 3 aromatic rings. The highest BCUT2D eigenvalue weighted by atomic mass is 32.2. The van der Waals surface area contributed by atoms with Gasteiger partial charge in [0, 0.05) is 18.3 Å². The fraction of sp³-hybridized carbons (Fsp3) is 0.238. The highest BCUT2D eigenvalue weighted by molar-refractivity contribution is 7.93. The molecule has 0 fully saturated rings. The quantitative estimate of drug-likeness (QED) is 0.570. The molecule has 1 amide bonds. The first-order valence-electron chi connectivity index (χ1n) is 9.18. The van der Waals surface area contributed by atoms with Crippen molar-refractivity contribution in [2.45, 2.75) is 38.1 Å². The Morgan fingerprint density at radius 1 is 1.00 bits per heavy atom. The summed E-state index contributed by atoms with van der Waals surface area (Å²) < 4.78 is 27.3. The SMILES string of the molecule is Cc1ccc(CNC(=O)CCc2csc(NS(=O)(=O)c3ccc(C)cc3)n2)cc1. The van der Waals surface area contributed by atoms with Gasteiger partial charge in [0.25, 0.3) is 10.0 Å². The van der Waals surface area contributed by atoms with E-state index in [0.717, 1.165) is 11.1 Å². The lowest BCUT2D eigenvalue weighted by atomic mass is 10.1. The number of nitrogens with zero attached hydrogens (tertiary/aromatic N) is 1. The molecule has 0 aliphatic carbocycles. The van der Waals surface area contributed by atoms with E-state index in [1.54, 1.807) is 29.6 Å². The van der Waals surface area contributed by atoms with Crippen molar-refractivity contribution >= 4 is 32.4 Å². The van der Waals surface area contributed by atoms with Crippen molar-refractivity contribution in [2.75, 3.05) is 4.72 Å². The summed E-state index contributed by atoms with van der Waals surface area (Å²) >= 11 is 1.20. The van der Waals surface area contributed by atoms with Crippen molar-refractivity contribution < 1.29 is 13.2 Å². The normalized spacial score (nSPS) is 11.2. The molecular weight excluding hydrogens is 406 g/mol. The monoisotopic (exact) mass is 429 g/mol. The number of thiazole rings is 1. The Hall–Kier alpha value is -2.71. The Balaban J connectivity index is 1.50. The van der Waals surface area contributed by atoms with E-state index >= 15 is 0 Å². The van der Waals surface area contributed by atoms with Crippen LogP contribution >= 0.6 is 11.3 Å². The molecule has 6 nitrogen and oxygen atoms in total. The minimum absolute atomic E-state index is 0.0691. The minimum Gasteiger partial charge on any atom is -0.352 e. The summed E-state index contributed by atoms with van der Waals surface area (Å²) in [7, 11) is -3.67. The van der Waals surface area contributed by atoms with Gasteiger partial charge in [-0.1, -0.05) is 47.5 Å². The molecule has 0 radical (unpaired) electrons. The lowest BCUT2D eigenvalue weighted by molar-refractivity contribution is -0.121. The van der Waals surface area contributed by atoms with E-state index < -0.39 is 10.0 Å². The number of benzene rings is 2. The fourth-order valence-corrected chi connectivity index (χ4v) is 4.59. The van der Waals surface area contributed by atoms with Crippen LogP contribution in [-0.4, -0.2) is 19.3 Å². The van der Waals surface area contributed by atoms with E-state index in [-0.39, 0.29) is 10.8 Å². The van der Waals surface area contributed by atoms with Gasteiger partial charge in [-0.25, -0.2) is 13.4 Å². The van der Waals surface area contributed by atoms with Gasteiger partial charge in [0.1, 0.15) is 0 Å². The molecule has 1 aromatic heterocycles. The maximum Gasteiger partial charge on any atom is 0.263 e. The topological polar surface area (TPSA) is 88.2 Å². The zero-order valence-corrected chi connectivity index (χ0v) is 17.9. The third-order valence-electron chi connectivity index (χ3n) is 4.32. The molecule has 0 unspecified atom stereocenters. The largest absolute Gasteiger partial charge is 0.352 e. The second kappa shape index (κ2) is 9.19. The summed E-state index contributed by atoms with van der Waals surface area (Å²) in [6.45, 7) is 4.40. The van der Waals surface area contributed by atoms with Crippen LogP contribution in [0.2, 0.25) is 0 Å². The van der Waals surface area contributed by atoms with Gasteiger partial charge in [0.15, 0.2) is 5.13 Å². The third-order valence-corrected chi connectivity index (χ3v) is 6.61. The van der Waals surface area contributed by atoms with E-state index in [9.17, 15) is 13.2 Å². The van der Waals surface area contributed by atoms with Crippen LogP contribution in [-0.2, 0) is 27.8 Å². The molecule has 0 aliphatic heterocycles. The second-order valence-corrected chi connectivity index (χ2v) is 9.37. The molecule has 0 saturated carbocycles. The maximum atomic E-state index is 12.4. The molecule has 0 saturated heterocycles. The average Bonchev–Trinajstić information content (AvgIpc) is 3.13. The van der Waals surface area contributed by atoms with Gasteiger partial charge in [-0.05, 0) is 38.0 Å². The molecule has 3 rings (SSSR count). The Kier molecular flexibility index (Phi) is 6.66. The summed E-state index contributed by atoms with van der Waals surface area (Å²) in [5.41, 5.74) is 3.89. The van der Waals surface area contributed by atoms with E-state index in [1.807, 2.05) is 38.1 Å². The summed E-state index contributed by atoms with van der Waals surface area (Å²) in [6, 6.07) is 14.6. The zero-order valence-electron chi connectivity index (χ0n) is 16.3. The number of nitrogens with one attached hydrogen (secondary N) is 2. The molecule has 152 valence electrons. The fourth-order valence-electron chi connectivity index (χ4n) is 2.60. The van der Waals surface area contributed by atoms with Gasteiger partial charge in [0.2, 0.25) is 5.91 Å². The van der Waals surface area contributed by atoms with Crippen molar-refractivity contribution in [1.29, 1.82) is 0 Å². The number of anilines is 1. The maximum absolute atomic E-state index is 12.4. The molecule has 0 aliphatic rings. The van der Waals surface area contributed by atoms with Crippen LogP contribution in [0, 0.1) is 13.8 Å². The highest BCUT2D eigenvalue weighted by Crippen LogP contribution is 2.21. The van der Waals surface area contributed by atoms with Crippen LogP contribution < -0.4 is 10.0 Å². The first kappa shape index (κ1) is 21.0. The number of hydrogen-bond donors (Lipinski definition) is 2. The predicted molar refractivity (Wildman–Crippen MR) is 115 cm³/mol. The van der Waals surface area contributed by atoms with Gasteiger partial charge in [-0.3, -0.25) is 9.52 Å². The lowest BCUT2D eigenvalue weighted by Gasteiger charge is -2.06. The van der Waals surface area contributed by atoms with Crippen molar-refractivity contribution in [3.05, 3.63) is 76.3 Å². The van der Waals surface area contributed by atoms with E-state index in [1.165, 1.54) is 16.9 Å². The molecule has 1 heterocycles. The van der Waals surface area contributed by atoms with Gasteiger partial charge in [-0.2, -0.15) is 0 Å². The first-order chi connectivity index (χ1) is 13.8. The number of sulfonamides is 1. The van der Waals surface area contributed by atoms with E-state index in [2.05, 4.69) is 15.0 Å². The van der Waals surface area contributed by atoms with Crippen LogP contribution in [0.1, 0.15) is 28.8 Å².